The van der Waals surface area contributed by atoms with Gasteiger partial charge >= 0.3 is 0 Å². The third-order valence-electron chi connectivity index (χ3n) is 4.28. The van der Waals surface area contributed by atoms with Crippen molar-refractivity contribution in [2.75, 3.05) is 19.0 Å². The van der Waals surface area contributed by atoms with E-state index in [1.54, 1.807) is 36.2 Å². The van der Waals surface area contributed by atoms with Gasteiger partial charge in [-0.1, -0.05) is 34.1 Å². The van der Waals surface area contributed by atoms with Crippen molar-refractivity contribution in [3.8, 4) is 0 Å². The molecular weight excluding hydrogens is 396 g/mol. The molecular formula is C20H21BrN2O3. The van der Waals surface area contributed by atoms with Crippen LogP contribution in [0.1, 0.15) is 28.8 Å². The molecule has 1 saturated heterocycles. The SMILES string of the molecule is CN(Cc1ccc(Br)cc1)C(=O)c1cccc(NC(=O)[C@H]2CCCO2)c1. The number of nitrogens with one attached hydrogen (secondary N) is 1. The van der Waals surface area contributed by atoms with Crippen molar-refractivity contribution in [2.24, 2.45) is 0 Å². The molecule has 2 aromatic carbocycles. The number of amides is 2. The molecule has 1 atom stereocenters. The Bertz CT molecular complexity index is 786. The highest BCUT2D eigenvalue weighted by molar-refractivity contribution is 9.10. The molecule has 3 rings (SSSR count). The first-order valence-corrected chi connectivity index (χ1v) is 9.34. The van der Waals surface area contributed by atoms with Crippen LogP contribution < -0.4 is 5.32 Å². The first kappa shape index (κ1) is 18.6. The molecule has 0 aromatic heterocycles. The van der Waals surface area contributed by atoms with E-state index in [1.807, 2.05) is 24.3 Å². The van der Waals surface area contributed by atoms with Crippen molar-refractivity contribution < 1.29 is 14.3 Å². The maximum Gasteiger partial charge on any atom is 0.253 e. The molecule has 2 aromatic rings. The lowest BCUT2D eigenvalue weighted by atomic mass is 10.1. The number of rotatable bonds is 5. The van der Waals surface area contributed by atoms with Gasteiger partial charge in [-0.3, -0.25) is 9.59 Å². The average Bonchev–Trinajstić information content (AvgIpc) is 3.18. The smallest absolute Gasteiger partial charge is 0.253 e. The van der Waals surface area contributed by atoms with Gasteiger partial charge in [0.1, 0.15) is 6.10 Å². The summed E-state index contributed by atoms with van der Waals surface area (Å²) in [7, 11) is 1.77. The van der Waals surface area contributed by atoms with Crippen LogP contribution in [-0.4, -0.2) is 36.5 Å². The van der Waals surface area contributed by atoms with Crippen molar-refractivity contribution in [3.05, 3.63) is 64.1 Å². The van der Waals surface area contributed by atoms with E-state index in [0.29, 0.717) is 24.4 Å². The number of carbonyl (C=O) groups is 2. The first-order valence-electron chi connectivity index (χ1n) is 8.55. The predicted octanol–water partition coefficient (Wildman–Crippen LogP) is 3.84. The summed E-state index contributed by atoms with van der Waals surface area (Å²) in [6.07, 6.45) is 1.24. The molecule has 1 fully saturated rings. The van der Waals surface area contributed by atoms with E-state index in [1.165, 1.54) is 0 Å². The second kappa shape index (κ2) is 8.47. The van der Waals surface area contributed by atoms with Crippen LogP contribution in [0.15, 0.2) is 53.0 Å². The summed E-state index contributed by atoms with van der Waals surface area (Å²) in [5, 5.41) is 2.83. The molecule has 5 nitrogen and oxygen atoms in total. The van der Waals surface area contributed by atoms with Crippen LogP contribution in [0.25, 0.3) is 0 Å². The lowest BCUT2D eigenvalue weighted by Crippen LogP contribution is -2.28. The molecule has 136 valence electrons. The zero-order valence-electron chi connectivity index (χ0n) is 14.6. The summed E-state index contributed by atoms with van der Waals surface area (Å²) < 4.78 is 6.39. The van der Waals surface area contributed by atoms with Crippen LogP contribution in [-0.2, 0) is 16.1 Å². The van der Waals surface area contributed by atoms with E-state index in [0.717, 1.165) is 22.9 Å². The van der Waals surface area contributed by atoms with Crippen molar-refractivity contribution in [1.82, 2.24) is 4.90 Å². The molecule has 1 aliphatic rings. The van der Waals surface area contributed by atoms with Gasteiger partial charge in [-0.2, -0.15) is 0 Å². The zero-order chi connectivity index (χ0) is 18.5. The Morgan fingerprint density at radius 1 is 1.23 bits per heavy atom. The molecule has 1 heterocycles. The normalized spacial score (nSPS) is 16.3. The Balaban J connectivity index is 1.65. The van der Waals surface area contributed by atoms with E-state index < -0.39 is 6.10 Å². The van der Waals surface area contributed by atoms with Gasteiger partial charge in [0, 0.05) is 35.9 Å². The number of nitrogens with zero attached hydrogens (tertiary/aromatic N) is 1. The molecule has 0 unspecified atom stereocenters. The average molecular weight is 417 g/mol. The summed E-state index contributed by atoms with van der Waals surface area (Å²) in [6, 6.07) is 14.9. The monoisotopic (exact) mass is 416 g/mol. The molecule has 1 N–H and O–H groups in total. The van der Waals surface area contributed by atoms with Crippen molar-refractivity contribution in [1.29, 1.82) is 0 Å². The zero-order valence-corrected chi connectivity index (χ0v) is 16.2. The van der Waals surface area contributed by atoms with Crippen molar-refractivity contribution in [3.63, 3.8) is 0 Å². The van der Waals surface area contributed by atoms with Crippen LogP contribution in [0.4, 0.5) is 5.69 Å². The van der Waals surface area contributed by atoms with Crippen molar-refractivity contribution >= 4 is 33.4 Å². The third kappa shape index (κ3) is 4.71. The Labute approximate surface area is 161 Å². The first-order chi connectivity index (χ1) is 12.5. The second-order valence-corrected chi connectivity index (χ2v) is 7.28. The fraction of sp³-hybridized carbons (Fsp3) is 0.300. The molecule has 2 amide bonds. The quantitative estimate of drug-likeness (QED) is 0.805. The van der Waals surface area contributed by atoms with E-state index in [9.17, 15) is 9.59 Å². The van der Waals surface area contributed by atoms with E-state index in [4.69, 9.17) is 4.74 Å². The van der Waals surface area contributed by atoms with Gasteiger partial charge in [0.25, 0.3) is 11.8 Å². The number of benzene rings is 2. The Hall–Kier alpha value is -2.18. The van der Waals surface area contributed by atoms with Crippen LogP contribution in [0.3, 0.4) is 0 Å². The summed E-state index contributed by atoms with van der Waals surface area (Å²) in [5.41, 5.74) is 2.19. The predicted molar refractivity (Wildman–Crippen MR) is 104 cm³/mol. The van der Waals surface area contributed by atoms with Gasteiger partial charge in [0.05, 0.1) is 0 Å². The second-order valence-electron chi connectivity index (χ2n) is 6.36. The fourth-order valence-corrected chi connectivity index (χ4v) is 3.16. The molecule has 0 radical (unpaired) electrons. The van der Waals surface area contributed by atoms with E-state index >= 15 is 0 Å². The minimum atomic E-state index is -0.394. The largest absolute Gasteiger partial charge is 0.368 e. The van der Waals surface area contributed by atoms with Crippen LogP contribution in [0.2, 0.25) is 0 Å². The molecule has 0 saturated carbocycles. The van der Waals surface area contributed by atoms with Gasteiger partial charge in [0.15, 0.2) is 0 Å². The van der Waals surface area contributed by atoms with Gasteiger partial charge < -0.3 is 15.0 Å². The number of halogens is 1. The lowest BCUT2D eigenvalue weighted by Gasteiger charge is -2.18. The van der Waals surface area contributed by atoms with Crippen LogP contribution in [0, 0.1) is 0 Å². The Morgan fingerprint density at radius 3 is 2.69 bits per heavy atom. The highest BCUT2D eigenvalue weighted by atomic mass is 79.9. The minimum Gasteiger partial charge on any atom is -0.368 e. The van der Waals surface area contributed by atoms with E-state index in [2.05, 4.69) is 21.2 Å². The Morgan fingerprint density at radius 2 is 2.00 bits per heavy atom. The number of hydrogen-bond donors (Lipinski definition) is 1. The van der Waals surface area contributed by atoms with Gasteiger partial charge in [0.2, 0.25) is 0 Å². The standard InChI is InChI=1S/C20H21BrN2O3/c1-23(13-14-7-9-16(21)10-8-14)20(25)15-4-2-5-17(12-15)22-19(24)18-6-3-11-26-18/h2,4-5,7-10,12,18H,3,6,11,13H2,1H3,(H,22,24)/t18-/m1/s1. The van der Waals surface area contributed by atoms with Gasteiger partial charge in [-0.25, -0.2) is 0 Å². The highest BCUT2D eigenvalue weighted by Crippen LogP contribution is 2.18. The van der Waals surface area contributed by atoms with Gasteiger partial charge in [-0.15, -0.1) is 0 Å². The van der Waals surface area contributed by atoms with Crippen molar-refractivity contribution in [2.45, 2.75) is 25.5 Å². The molecule has 0 bridgehead atoms. The molecule has 6 heteroatoms. The highest BCUT2D eigenvalue weighted by Gasteiger charge is 2.23. The third-order valence-corrected chi connectivity index (χ3v) is 4.81. The van der Waals surface area contributed by atoms with Crippen LogP contribution >= 0.6 is 15.9 Å². The maximum atomic E-state index is 12.7. The maximum absolute atomic E-state index is 12.7. The summed E-state index contributed by atoms with van der Waals surface area (Å²) >= 11 is 3.41. The topological polar surface area (TPSA) is 58.6 Å². The summed E-state index contributed by atoms with van der Waals surface area (Å²) in [6.45, 7) is 1.13. The summed E-state index contributed by atoms with van der Waals surface area (Å²) in [4.78, 5) is 26.5. The summed E-state index contributed by atoms with van der Waals surface area (Å²) in [5.74, 6) is -0.253. The number of hydrogen-bond acceptors (Lipinski definition) is 3. The molecule has 0 aliphatic carbocycles. The molecule has 1 aliphatic heterocycles. The lowest BCUT2D eigenvalue weighted by molar-refractivity contribution is -0.124. The number of carbonyl (C=O) groups excluding carboxylic acids is 2. The number of ether oxygens (including phenoxy) is 1. The molecule has 26 heavy (non-hydrogen) atoms. The number of anilines is 1. The van der Waals surface area contributed by atoms with Gasteiger partial charge in [-0.05, 0) is 48.7 Å². The van der Waals surface area contributed by atoms with Crippen LogP contribution in [0.5, 0.6) is 0 Å². The van der Waals surface area contributed by atoms with E-state index in [-0.39, 0.29) is 11.8 Å². The molecule has 0 spiro atoms. The Kier molecular flexibility index (Phi) is 6.06. The fourth-order valence-electron chi connectivity index (χ4n) is 2.89. The minimum absolute atomic E-state index is 0.0962.